The molecule has 5 nitrogen and oxygen atoms in total. The number of nitro groups is 1. The molecule has 1 aromatic rings. The molecule has 1 saturated heterocycles. The van der Waals surface area contributed by atoms with E-state index in [0.29, 0.717) is 6.04 Å². The number of hydrogen-bond acceptors (Lipinski definition) is 4. The van der Waals surface area contributed by atoms with Gasteiger partial charge < -0.3 is 0 Å². The van der Waals surface area contributed by atoms with Crippen LogP contribution >= 0.6 is 0 Å². The maximum absolute atomic E-state index is 10.6. The highest BCUT2D eigenvalue weighted by atomic mass is 16.6. The Bertz CT molecular complexity index is 439. The van der Waals surface area contributed by atoms with Gasteiger partial charge in [0, 0.05) is 50.9 Å². The number of nitrogens with zero attached hydrogens (tertiary/aromatic N) is 3. The Kier molecular flexibility index (Phi) is 5.09. The predicted octanol–water partition coefficient (Wildman–Crippen LogP) is 2.51. The molecule has 0 amide bonds. The minimum Gasteiger partial charge on any atom is -0.298 e. The molecule has 2 rings (SSSR count). The molecular weight excluding hydrogens is 254 g/mol. The van der Waals surface area contributed by atoms with Gasteiger partial charge in [0.25, 0.3) is 5.69 Å². The second kappa shape index (κ2) is 6.81. The second-order valence-corrected chi connectivity index (χ2v) is 5.49. The molecule has 0 N–H and O–H groups in total. The molecule has 0 bridgehead atoms. The Hall–Kier alpha value is -1.46. The van der Waals surface area contributed by atoms with Crippen molar-refractivity contribution >= 4 is 5.69 Å². The first-order chi connectivity index (χ1) is 9.60. The van der Waals surface area contributed by atoms with Crippen LogP contribution in [0.3, 0.4) is 0 Å². The Balaban J connectivity index is 1.84. The van der Waals surface area contributed by atoms with E-state index >= 15 is 0 Å². The van der Waals surface area contributed by atoms with E-state index in [-0.39, 0.29) is 10.6 Å². The van der Waals surface area contributed by atoms with Crippen LogP contribution in [0.25, 0.3) is 0 Å². The van der Waals surface area contributed by atoms with Crippen molar-refractivity contribution in [2.45, 2.75) is 32.9 Å². The fraction of sp³-hybridized carbons (Fsp3) is 0.600. The summed E-state index contributed by atoms with van der Waals surface area (Å²) in [5.74, 6) is 0. The van der Waals surface area contributed by atoms with E-state index in [0.717, 1.165) is 38.3 Å². The van der Waals surface area contributed by atoms with Crippen LogP contribution in [0.4, 0.5) is 5.69 Å². The molecule has 0 spiro atoms. The predicted molar refractivity (Wildman–Crippen MR) is 79.7 cm³/mol. The van der Waals surface area contributed by atoms with E-state index in [1.54, 1.807) is 12.1 Å². The van der Waals surface area contributed by atoms with Crippen molar-refractivity contribution < 1.29 is 4.92 Å². The van der Waals surface area contributed by atoms with E-state index in [1.165, 1.54) is 6.42 Å². The molecule has 0 aliphatic carbocycles. The minimum atomic E-state index is -0.352. The number of rotatable bonds is 5. The van der Waals surface area contributed by atoms with E-state index in [1.807, 2.05) is 12.1 Å². The molecule has 0 radical (unpaired) electrons. The van der Waals surface area contributed by atoms with Gasteiger partial charge in [-0.1, -0.05) is 19.1 Å². The maximum atomic E-state index is 10.6. The first kappa shape index (κ1) is 14.9. The third-order valence-electron chi connectivity index (χ3n) is 4.17. The zero-order valence-corrected chi connectivity index (χ0v) is 12.3. The van der Waals surface area contributed by atoms with Gasteiger partial charge in [0.05, 0.1) is 4.92 Å². The van der Waals surface area contributed by atoms with E-state index < -0.39 is 0 Å². The number of piperazine rings is 1. The molecule has 1 aromatic carbocycles. The van der Waals surface area contributed by atoms with Crippen LogP contribution in [-0.2, 0) is 6.54 Å². The fourth-order valence-electron chi connectivity index (χ4n) is 2.60. The summed E-state index contributed by atoms with van der Waals surface area (Å²) in [6.45, 7) is 9.76. The van der Waals surface area contributed by atoms with E-state index in [9.17, 15) is 10.1 Å². The highest BCUT2D eigenvalue weighted by Gasteiger charge is 2.20. The van der Waals surface area contributed by atoms with Crippen LogP contribution in [0.5, 0.6) is 0 Å². The molecule has 1 fully saturated rings. The van der Waals surface area contributed by atoms with Gasteiger partial charge >= 0.3 is 0 Å². The zero-order chi connectivity index (χ0) is 14.5. The van der Waals surface area contributed by atoms with Crippen molar-refractivity contribution in [2.75, 3.05) is 26.2 Å². The lowest BCUT2D eigenvalue weighted by atomic mass is 10.1. The summed E-state index contributed by atoms with van der Waals surface area (Å²) in [4.78, 5) is 15.2. The number of benzene rings is 1. The van der Waals surface area contributed by atoms with E-state index in [2.05, 4.69) is 23.6 Å². The Morgan fingerprint density at radius 3 is 2.30 bits per heavy atom. The second-order valence-electron chi connectivity index (χ2n) is 5.49. The SMILES string of the molecule is CC[C@H](C)N1CCN(Cc2ccc([N+](=O)[O-])cc2)CC1. The summed E-state index contributed by atoms with van der Waals surface area (Å²) in [5.41, 5.74) is 1.31. The van der Waals surface area contributed by atoms with Crippen molar-refractivity contribution in [1.82, 2.24) is 9.80 Å². The van der Waals surface area contributed by atoms with Gasteiger partial charge in [0.15, 0.2) is 0 Å². The molecule has 5 heteroatoms. The van der Waals surface area contributed by atoms with Gasteiger partial charge in [-0.05, 0) is 18.9 Å². The zero-order valence-electron chi connectivity index (χ0n) is 12.3. The third-order valence-corrected chi connectivity index (χ3v) is 4.17. The minimum absolute atomic E-state index is 0.162. The summed E-state index contributed by atoms with van der Waals surface area (Å²) >= 11 is 0. The molecule has 0 unspecified atom stereocenters. The summed E-state index contributed by atoms with van der Waals surface area (Å²) in [6.07, 6.45) is 1.20. The highest BCUT2D eigenvalue weighted by Crippen LogP contribution is 2.15. The first-order valence-corrected chi connectivity index (χ1v) is 7.30. The summed E-state index contributed by atoms with van der Waals surface area (Å²) in [7, 11) is 0. The molecular formula is C15H23N3O2. The van der Waals surface area contributed by atoms with Crippen molar-refractivity contribution in [3.63, 3.8) is 0 Å². The number of non-ortho nitro benzene ring substituents is 1. The van der Waals surface area contributed by atoms with Crippen LogP contribution < -0.4 is 0 Å². The van der Waals surface area contributed by atoms with Gasteiger partial charge in [0.1, 0.15) is 0 Å². The monoisotopic (exact) mass is 277 g/mol. The molecule has 1 aliphatic rings. The van der Waals surface area contributed by atoms with Crippen LogP contribution in [0.1, 0.15) is 25.8 Å². The Morgan fingerprint density at radius 2 is 1.80 bits per heavy atom. The van der Waals surface area contributed by atoms with Crippen molar-refractivity contribution in [1.29, 1.82) is 0 Å². The Morgan fingerprint density at radius 1 is 1.20 bits per heavy atom. The number of nitro benzene ring substituents is 1. The fourth-order valence-corrected chi connectivity index (χ4v) is 2.60. The van der Waals surface area contributed by atoms with Crippen LogP contribution in [0.15, 0.2) is 24.3 Å². The van der Waals surface area contributed by atoms with Gasteiger partial charge in [-0.3, -0.25) is 19.9 Å². The average Bonchev–Trinajstić information content (AvgIpc) is 2.48. The molecule has 1 atom stereocenters. The summed E-state index contributed by atoms with van der Waals surface area (Å²) in [6, 6.07) is 7.56. The molecule has 0 aromatic heterocycles. The summed E-state index contributed by atoms with van der Waals surface area (Å²) < 4.78 is 0. The lowest BCUT2D eigenvalue weighted by molar-refractivity contribution is -0.384. The largest absolute Gasteiger partial charge is 0.298 e. The normalized spacial score (nSPS) is 18.9. The first-order valence-electron chi connectivity index (χ1n) is 7.30. The van der Waals surface area contributed by atoms with E-state index in [4.69, 9.17) is 0 Å². The third kappa shape index (κ3) is 3.77. The van der Waals surface area contributed by atoms with Crippen molar-refractivity contribution in [3.8, 4) is 0 Å². The lowest BCUT2D eigenvalue weighted by Gasteiger charge is -2.37. The Labute approximate surface area is 120 Å². The molecule has 20 heavy (non-hydrogen) atoms. The van der Waals surface area contributed by atoms with Crippen LogP contribution in [0, 0.1) is 10.1 Å². The maximum Gasteiger partial charge on any atom is 0.269 e. The van der Waals surface area contributed by atoms with Crippen molar-refractivity contribution in [3.05, 3.63) is 39.9 Å². The standard InChI is InChI=1S/C15H23N3O2/c1-3-13(2)17-10-8-16(9-11-17)12-14-4-6-15(7-5-14)18(19)20/h4-7,13H,3,8-12H2,1-2H3/t13-/m0/s1. The quantitative estimate of drug-likeness (QED) is 0.613. The van der Waals surface area contributed by atoms with Crippen LogP contribution in [0.2, 0.25) is 0 Å². The smallest absolute Gasteiger partial charge is 0.269 e. The molecule has 0 saturated carbocycles. The summed E-state index contributed by atoms with van der Waals surface area (Å²) in [5, 5.41) is 10.6. The topological polar surface area (TPSA) is 49.6 Å². The van der Waals surface area contributed by atoms with Gasteiger partial charge in [-0.2, -0.15) is 0 Å². The van der Waals surface area contributed by atoms with Crippen molar-refractivity contribution in [2.24, 2.45) is 0 Å². The van der Waals surface area contributed by atoms with Gasteiger partial charge in [-0.15, -0.1) is 0 Å². The van der Waals surface area contributed by atoms with Gasteiger partial charge in [-0.25, -0.2) is 0 Å². The van der Waals surface area contributed by atoms with Crippen LogP contribution in [-0.4, -0.2) is 46.9 Å². The molecule has 1 heterocycles. The number of hydrogen-bond donors (Lipinski definition) is 0. The molecule has 1 aliphatic heterocycles. The van der Waals surface area contributed by atoms with Gasteiger partial charge in [0.2, 0.25) is 0 Å². The lowest BCUT2D eigenvalue weighted by Crippen LogP contribution is -2.48. The highest BCUT2D eigenvalue weighted by molar-refractivity contribution is 5.32. The average molecular weight is 277 g/mol. The molecule has 110 valence electrons.